The molecule has 0 spiro atoms. The lowest BCUT2D eigenvalue weighted by Gasteiger charge is -2.29. The number of halogens is 1. The van der Waals surface area contributed by atoms with Crippen molar-refractivity contribution < 1.29 is 5.11 Å². The van der Waals surface area contributed by atoms with E-state index >= 15 is 0 Å². The molecule has 1 aliphatic heterocycles. The van der Waals surface area contributed by atoms with Gasteiger partial charge in [0.15, 0.2) is 0 Å². The van der Waals surface area contributed by atoms with E-state index < -0.39 is 0 Å². The molecule has 2 rings (SSSR count). The predicted octanol–water partition coefficient (Wildman–Crippen LogP) is 0.286. The fourth-order valence-corrected chi connectivity index (χ4v) is 1.57. The van der Waals surface area contributed by atoms with Crippen LogP contribution in [0.2, 0.25) is 0 Å². The zero-order chi connectivity index (χ0) is 10.1. The van der Waals surface area contributed by atoms with Gasteiger partial charge in [0.2, 0.25) is 5.88 Å². The summed E-state index contributed by atoms with van der Waals surface area (Å²) in [7, 11) is 0. The second-order valence-electron chi connectivity index (χ2n) is 3.28. The van der Waals surface area contributed by atoms with E-state index in [1.807, 2.05) is 0 Å². The summed E-state index contributed by atoms with van der Waals surface area (Å²) < 4.78 is 0.245. The lowest BCUT2D eigenvalue weighted by atomic mass is 10.2. The Bertz CT molecular complexity index is 400. The van der Waals surface area contributed by atoms with E-state index in [9.17, 15) is 9.90 Å². The van der Waals surface area contributed by atoms with Gasteiger partial charge >= 0.3 is 0 Å². The molecule has 5 nitrogen and oxygen atoms in total. The van der Waals surface area contributed by atoms with E-state index in [2.05, 4.69) is 14.9 Å². The number of rotatable bonds is 2. The Morgan fingerprint density at radius 3 is 2.79 bits per heavy atom. The van der Waals surface area contributed by atoms with Gasteiger partial charge in [-0.3, -0.25) is 9.69 Å². The molecule has 2 heterocycles. The number of aromatic hydroxyl groups is 1. The predicted molar refractivity (Wildman–Crippen MR) is 59.1 cm³/mol. The minimum Gasteiger partial charge on any atom is -0.492 e. The van der Waals surface area contributed by atoms with Gasteiger partial charge in [-0.2, -0.15) is 4.98 Å². The maximum atomic E-state index is 11.3. The summed E-state index contributed by atoms with van der Waals surface area (Å²) in [5, 5.41) is 9.33. The van der Waals surface area contributed by atoms with E-state index in [-0.39, 0.29) is 15.0 Å². The first kappa shape index (κ1) is 9.91. The number of aromatic nitrogens is 2. The summed E-state index contributed by atoms with van der Waals surface area (Å²) in [6, 6.07) is 0. The van der Waals surface area contributed by atoms with Crippen molar-refractivity contribution in [2.45, 2.75) is 13.0 Å². The highest BCUT2D eigenvalue weighted by Crippen LogP contribution is 2.13. The largest absolute Gasteiger partial charge is 0.492 e. The molecule has 1 fully saturated rings. The monoisotopic (exact) mass is 307 g/mol. The van der Waals surface area contributed by atoms with Crippen molar-refractivity contribution >= 4 is 22.6 Å². The highest BCUT2D eigenvalue weighted by Gasteiger charge is 2.16. The lowest BCUT2D eigenvalue weighted by Crippen LogP contribution is -2.37. The third-order valence-electron chi connectivity index (χ3n) is 2.22. The van der Waals surface area contributed by atoms with E-state index in [1.54, 1.807) is 22.6 Å². The highest BCUT2D eigenvalue weighted by molar-refractivity contribution is 14.1. The van der Waals surface area contributed by atoms with Gasteiger partial charge < -0.3 is 10.1 Å². The SMILES string of the molecule is O=c1[nH]c(CN2CCC2)nc(O)c1I. The molecule has 76 valence electrons. The van der Waals surface area contributed by atoms with Crippen LogP contribution in [-0.4, -0.2) is 33.1 Å². The summed E-state index contributed by atoms with van der Waals surface area (Å²) in [6.45, 7) is 2.69. The topological polar surface area (TPSA) is 69.2 Å². The molecule has 0 aliphatic carbocycles. The van der Waals surface area contributed by atoms with Crippen LogP contribution in [0.5, 0.6) is 5.88 Å². The third kappa shape index (κ3) is 1.90. The number of H-pyrrole nitrogens is 1. The summed E-state index contributed by atoms with van der Waals surface area (Å²) in [4.78, 5) is 20.0. The molecule has 6 heteroatoms. The summed E-state index contributed by atoms with van der Waals surface area (Å²) in [6.07, 6.45) is 1.20. The molecule has 0 saturated carbocycles. The summed E-state index contributed by atoms with van der Waals surface area (Å²) in [5.41, 5.74) is -0.270. The zero-order valence-corrected chi connectivity index (χ0v) is 9.61. The van der Waals surface area contributed by atoms with Gasteiger partial charge in [-0.1, -0.05) is 0 Å². The van der Waals surface area contributed by atoms with E-state index in [0.29, 0.717) is 12.4 Å². The minimum absolute atomic E-state index is 0.176. The molecule has 0 radical (unpaired) electrons. The van der Waals surface area contributed by atoms with Gasteiger partial charge in [0.05, 0.1) is 6.54 Å². The number of nitrogens with zero attached hydrogens (tertiary/aromatic N) is 2. The maximum absolute atomic E-state index is 11.3. The van der Waals surface area contributed by atoms with E-state index in [0.717, 1.165) is 13.1 Å². The number of hydrogen-bond donors (Lipinski definition) is 2. The first-order valence-corrected chi connectivity index (χ1v) is 5.44. The zero-order valence-electron chi connectivity index (χ0n) is 7.46. The molecule has 0 unspecified atom stereocenters. The van der Waals surface area contributed by atoms with E-state index in [1.165, 1.54) is 6.42 Å². The van der Waals surface area contributed by atoms with Gasteiger partial charge in [0.1, 0.15) is 9.39 Å². The Morgan fingerprint density at radius 2 is 2.29 bits per heavy atom. The van der Waals surface area contributed by atoms with Crippen molar-refractivity contribution in [1.82, 2.24) is 14.9 Å². The van der Waals surface area contributed by atoms with Crippen molar-refractivity contribution in [2.75, 3.05) is 13.1 Å². The fourth-order valence-electron chi connectivity index (χ4n) is 1.32. The maximum Gasteiger partial charge on any atom is 0.268 e. The first-order chi connectivity index (χ1) is 6.66. The molecule has 2 N–H and O–H groups in total. The smallest absolute Gasteiger partial charge is 0.268 e. The van der Waals surface area contributed by atoms with Gasteiger partial charge in [-0.15, -0.1) is 0 Å². The standard InChI is InChI=1S/C8H10IN3O2/c9-6-7(13)10-5(11-8(6)14)4-12-2-1-3-12/h1-4H2,(H2,10,11,13,14). The number of hydrogen-bond acceptors (Lipinski definition) is 4. The highest BCUT2D eigenvalue weighted by atomic mass is 127. The van der Waals surface area contributed by atoms with Crippen LogP contribution in [-0.2, 0) is 6.54 Å². The molecule has 1 saturated heterocycles. The normalized spacial score (nSPS) is 16.6. The Labute approximate surface area is 94.3 Å². The van der Waals surface area contributed by atoms with Crippen molar-refractivity contribution in [3.8, 4) is 5.88 Å². The van der Waals surface area contributed by atoms with Gasteiger partial charge in [-0.05, 0) is 42.1 Å². The molecule has 1 aromatic heterocycles. The Balaban J connectivity index is 2.21. The van der Waals surface area contributed by atoms with Crippen LogP contribution in [0.4, 0.5) is 0 Å². The van der Waals surface area contributed by atoms with Crippen molar-refractivity contribution in [1.29, 1.82) is 0 Å². The molecule has 14 heavy (non-hydrogen) atoms. The number of likely N-dealkylation sites (tertiary alicyclic amines) is 1. The molecule has 0 amide bonds. The molecule has 0 atom stereocenters. The van der Waals surface area contributed by atoms with Crippen LogP contribution >= 0.6 is 22.6 Å². The van der Waals surface area contributed by atoms with E-state index in [4.69, 9.17) is 0 Å². The van der Waals surface area contributed by atoms with Crippen molar-refractivity contribution in [2.24, 2.45) is 0 Å². The van der Waals surface area contributed by atoms with Gasteiger partial charge in [0.25, 0.3) is 5.56 Å². The minimum atomic E-state index is -0.270. The van der Waals surface area contributed by atoms with Gasteiger partial charge in [0, 0.05) is 0 Å². The van der Waals surface area contributed by atoms with Crippen LogP contribution in [0.25, 0.3) is 0 Å². The first-order valence-electron chi connectivity index (χ1n) is 4.37. The van der Waals surface area contributed by atoms with Gasteiger partial charge in [-0.25, -0.2) is 0 Å². The number of nitrogens with one attached hydrogen (secondary N) is 1. The lowest BCUT2D eigenvalue weighted by molar-refractivity contribution is 0.167. The average Bonchev–Trinajstić information content (AvgIpc) is 2.07. The van der Waals surface area contributed by atoms with Crippen LogP contribution in [0, 0.1) is 3.57 Å². The third-order valence-corrected chi connectivity index (χ3v) is 3.19. The molecule has 0 aromatic carbocycles. The molecular formula is C8H10IN3O2. The second kappa shape index (κ2) is 3.85. The number of aromatic amines is 1. The summed E-state index contributed by atoms with van der Waals surface area (Å²) in [5.74, 6) is 0.359. The Kier molecular flexibility index (Phi) is 2.73. The van der Waals surface area contributed by atoms with Crippen LogP contribution in [0.15, 0.2) is 4.79 Å². The average molecular weight is 307 g/mol. The molecular weight excluding hydrogens is 297 g/mol. The Morgan fingerprint density at radius 1 is 1.57 bits per heavy atom. The Hall–Kier alpha value is -0.630. The molecule has 1 aromatic rings. The summed E-state index contributed by atoms with van der Waals surface area (Å²) >= 11 is 1.77. The molecule has 1 aliphatic rings. The van der Waals surface area contributed by atoms with Crippen LogP contribution < -0.4 is 5.56 Å². The quantitative estimate of drug-likeness (QED) is 0.771. The second-order valence-corrected chi connectivity index (χ2v) is 4.36. The van der Waals surface area contributed by atoms with Crippen molar-refractivity contribution in [3.05, 3.63) is 19.7 Å². The fraction of sp³-hybridized carbons (Fsp3) is 0.500. The van der Waals surface area contributed by atoms with Crippen LogP contribution in [0.3, 0.4) is 0 Å². The molecule has 0 bridgehead atoms. The van der Waals surface area contributed by atoms with Crippen molar-refractivity contribution in [3.63, 3.8) is 0 Å². The van der Waals surface area contributed by atoms with Crippen LogP contribution in [0.1, 0.15) is 12.2 Å².